The molecule has 0 heterocycles. The highest BCUT2D eigenvalue weighted by molar-refractivity contribution is 5.94. The Balaban J connectivity index is -0.000000134. The van der Waals surface area contributed by atoms with Crippen molar-refractivity contribution in [2.75, 3.05) is 13.6 Å². The van der Waals surface area contributed by atoms with Gasteiger partial charge in [0.25, 0.3) is 0 Å². The lowest BCUT2D eigenvalue weighted by Gasteiger charge is -2.10. The van der Waals surface area contributed by atoms with Crippen molar-refractivity contribution in [2.45, 2.75) is 174 Å². The zero-order valence-electron chi connectivity index (χ0n) is 37.6. The van der Waals surface area contributed by atoms with E-state index in [0.717, 1.165) is 64.9 Å². The second kappa shape index (κ2) is 43.5. The molecule has 0 aliphatic heterocycles. The Morgan fingerprint density at radius 2 is 1.26 bits per heavy atom. The Bertz CT molecular complexity index is 1060. The number of hydrogen-bond acceptors (Lipinski definition) is 3. The van der Waals surface area contributed by atoms with Crippen LogP contribution in [0, 0.1) is 11.8 Å². The lowest BCUT2D eigenvalue weighted by atomic mass is 9.99. The maximum Gasteiger partial charge on any atom is 0.416 e. The largest absolute Gasteiger partial charge is 0.416 e. The molecule has 1 aromatic rings. The Labute approximate surface area is 329 Å². The number of benzene rings is 1. The maximum absolute atomic E-state index is 12.0. The number of halogens is 3. The molecule has 3 N–H and O–H groups in total. The molecule has 0 saturated carbocycles. The number of carbonyl (C=O) groups is 1. The molecular formula is C47H87F3N2O. The highest BCUT2D eigenvalue weighted by atomic mass is 19.4. The van der Waals surface area contributed by atoms with Crippen LogP contribution in [0.1, 0.15) is 184 Å². The SMILES string of the molecule is C=C(C)CC(=C)C(=C/C)/C=C(/NC)C(=C)C.CC.CC(=O)c1ccc(C(F)(F)F)cc1.CCC.CCCC(C)CCC.CCCCCC(C)C.CCN. The summed E-state index contributed by atoms with van der Waals surface area (Å²) in [4.78, 5) is 10.7. The Hall–Kier alpha value is -2.86. The summed E-state index contributed by atoms with van der Waals surface area (Å²) in [6.07, 6.45) is 13.0. The number of alkyl halides is 3. The highest BCUT2D eigenvalue weighted by Gasteiger charge is 2.30. The van der Waals surface area contributed by atoms with E-state index in [2.05, 4.69) is 92.6 Å². The van der Waals surface area contributed by atoms with Crippen LogP contribution >= 0.6 is 0 Å². The molecule has 6 heteroatoms. The fourth-order valence-electron chi connectivity index (χ4n) is 4.25. The van der Waals surface area contributed by atoms with Gasteiger partial charge in [0.2, 0.25) is 0 Å². The van der Waals surface area contributed by atoms with Crippen molar-refractivity contribution in [3.8, 4) is 0 Å². The number of nitrogens with two attached hydrogens (primary N) is 1. The third-order valence-corrected chi connectivity index (χ3v) is 6.83. The van der Waals surface area contributed by atoms with E-state index >= 15 is 0 Å². The van der Waals surface area contributed by atoms with Crippen LogP contribution in [-0.2, 0) is 6.18 Å². The summed E-state index contributed by atoms with van der Waals surface area (Å²) in [6.45, 7) is 43.8. The Morgan fingerprint density at radius 3 is 1.53 bits per heavy atom. The highest BCUT2D eigenvalue weighted by Crippen LogP contribution is 2.29. The van der Waals surface area contributed by atoms with E-state index in [-0.39, 0.29) is 11.3 Å². The number of unbranched alkanes of at least 4 members (excludes halogenated alkanes) is 2. The van der Waals surface area contributed by atoms with Gasteiger partial charge >= 0.3 is 6.18 Å². The molecule has 312 valence electrons. The van der Waals surface area contributed by atoms with Crippen LogP contribution in [0.25, 0.3) is 0 Å². The number of Topliss-reactive ketones (excluding diaryl/α,β-unsaturated/α-hetero) is 1. The van der Waals surface area contributed by atoms with Gasteiger partial charge in [-0.05, 0) is 87.4 Å². The minimum atomic E-state index is -4.34. The lowest BCUT2D eigenvalue weighted by Crippen LogP contribution is -2.07. The standard InChI is InChI=1S/C15H23N.C9H7F3O.2C8H18.C3H8.C2H7N.C2H6/c1-8-14(13(6)9-11(2)3)10-15(16-7)12(4)5;1-6(13)7-2-4-8(5-3-7)9(10,11)12;1-4-5-6-7-8(2)3;1-4-6-8(3)7-5-2;1-3-2;1-2-3;1-2/h8,10,16H,2,4,6,9H2,1,3,5,7H3;2-5H,1H3;2*8H,4-7H2,1-3H3;3H2,1-2H3;2-3H2,1H3;1-2H3/b14-8+,15-10+;;;;;;. The van der Waals surface area contributed by atoms with Crippen LogP contribution < -0.4 is 11.1 Å². The van der Waals surface area contributed by atoms with Crippen LogP contribution in [0.5, 0.6) is 0 Å². The molecule has 0 bridgehead atoms. The first-order valence-corrected chi connectivity index (χ1v) is 20.2. The Morgan fingerprint density at radius 1 is 0.830 bits per heavy atom. The fourth-order valence-corrected chi connectivity index (χ4v) is 4.25. The van der Waals surface area contributed by atoms with Crippen molar-refractivity contribution in [3.05, 3.63) is 95.3 Å². The van der Waals surface area contributed by atoms with Crippen molar-refractivity contribution in [2.24, 2.45) is 17.6 Å². The summed E-state index contributed by atoms with van der Waals surface area (Å²) < 4.78 is 36.1. The van der Waals surface area contributed by atoms with Crippen LogP contribution in [0.2, 0.25) is 0 Å². The summed E-state index contributed by atoms with van der Waals surface area (Å²) in [5.41, 5.74) is 9.80. The molecule has 0 radical (unpaired) electrons. The minimum absolute atomic E-state index is 0.242. The number of nitrogens with one attached hydrogen (secondary N) is 1. The molecular weight excluding hydrogens is 666 g/mol. The number of likely N-dealkylation sites (N-methyl/N-ethyl adjacent to an activating group) is 1. The predicted octanol–water partition coefficient (Wildman–Crippen LogP) is 15.9. The molecule has 1 aromatic carbocycles. The van der Waals surface area contributed by atoms with Crippen molar-refractivity contribution in [1.29, 1.82) is 0 Å². The third kappa shape index (κ3) is 47.1. The molecule has 0 unspecified atom stereocenters. The quantitative estimate of drug-likeness (QED) is 0.0812. The van der Waals surface area contributed by atoms with Crippen molar-refractivity contribution in [1.82, 2.24) is 5.32 Å². The van der Waals surface area contributed by atoms with Gasteiger partial charge in [0.1, 0.15) is 0 Å². The molecule has 0 saturated heterocycles. The molecule has 0 spiro atoms. The van der Waals surface area contributed by atoms with Crippen molar-refractivity contribution >= 4 is 5.78 Å². The monoisotopic (exact) mass is 753 g/mol. The van der Waals surface area contributed by atoms with E-state index in [0.29, 0.717) is 0 Å². The molecule has 0 atom stereocenters. The van der Waals surface area contributed by atoms with Crippen LogP contribution in [0.4, 0.5) is 13.2 Å². The van der Waals surface area contributed by atoms with E-state index in [1.165, 1.54) is 76.8 Å². The normalized spacial score (nSPS) is 10.5. The summed E-state index contributed by atoms with van der Waals surface area (Å²) in [5.74, 6) is 1.63. The average Bonchev–Trinajstić information content (AvgIpc) is 3.07. The number of hydrogen-bond donors (Lipinski definition) is 2. The van der Waals surface area contributed by atoms with Gasteiger partial charge < -0.3 is 11.1 Å². The van der Waals surface area contributed by atoms with Gasteiger partial charge in [0.05, 0.1) is 5.56 Å². The molecule has 0 fully saturated rings. The molecule has 1 rings (SSSR count). The molecule has 0 aromatic heterocycles. The maximum atomic E-state index is 12.0. The summed E-state index contributed by atoms with van der Waals surface area (Å²) in [7, 11) is 1.90. The zero-order chi connectivity index (χ0) is 43.0. The topological polar surface area (TPSA) is 55.1 Å². The second-order valence-corrected chi connectivity index (χ2v) is 13.4. The average molecular weight is 753 g/mol. The van der Waals surface area contributed by atoms with Crippen molar-refractivity contribution < 1.29 is 18.0 Å². The molecule has 0 aliphatic carbocycles. The molecule has 0 amide bonds. The molecule has 3 nitrogen and oxygen atoms in total. The summed E-state index contributed by atoms with van der Waals surface area (Å²) >= 11 is 0. The van der Waals surface area contributed by atoms with E-state index in [4.69, 9.17) is 5.73 Å². The van der Waals surface area contributed by atoms with Gasteiger partial charge in [-0.2, -0.15) is 13.2 Å². The fraction of sp³-hybridized carbons (Fsp3) is 0.638. The van der Waals surface area contributed by atoms with Gasteiger partial charge in [-0.25, -0.2) is 0 Å². The number of rotatable bonds is 15. The lowest BCUT2D eigenvalue weighted by molar-refractivity contribution is -0.137. The molecule has 53 heavy (non-hydrogen) atoms. The van der Waals surface area contributed by atoms with Crippen LogP contribution in [0.15, 0.2) is 84.1 Å². The van der Waals surface area contributed by atoms with Gasteiger partial charge in [0, 0.05) is 18.3 Å². The molecule has 0 aliphatic rings. The first kappa shape index (κ1) is 62.1. The zero-order valence-corrected chi connectivity index (χ0v) is 37.6. The van der Waals surface area contributed by atoms with Crippen LogP contribution in [-0.4, -0.2) is 19.4 Å². The Kier molecular flexibility index (Phi) is 51.1. The number of ketones is 1. The first-order chi connectivity index (χ1) is 24.7. The van der Waals surface area contributed by atoms with Crippen LogP contribution in [0.3, 0.4) is 0 Å². The number of allylic oxidation sites excluding steroid dienone is 6. The van der Waals surface area contributed by atoms with Gasteiger partial charge in [-0.1, -0.05) is 177 Å². The van der Waals surface area contributed by atoms with E-state index in [1.54, 1.807) is 0 Å². The van der Waals surface area contributed by atoms with Gasteiger partial charge in [-0.3, -0.25) is 4.79 Å². The van der Waals surface area contributed by atoms with Gasteiger partial charge in [0.15, 0.2) is 5.78 Å². The summed E-state index contributed by atoms with van der Waals surface area (Å²) in [6, 6.07) is 4.14. The third-order valence-electron chi connectivity index (χ3n) is 6.83. The summed E-state index contributed by atoms with van der Waals surface area (Å²) in [5, 5.41) is 3.13. The van der Waals surface area contributed by atoms with E-state index in [9.17, 15) is 18.0 Å². The second-order valence-electron chi connectivity index (χ2n) is 13.4. The first-order valence-electron chi connectivity index (χ1n) is 20.2. The minimum Gasteiger partial charge on any atom is -0.388 e. The predicted molar refractivity (Wildman–Crippen MR) is 236 cm³/mol. The number of carbonyl (C=O) groups excluding carboxylic acids is 1. The smallest absolute Gasteiger partial charge is 0.388 e. The van der Waals surface area contributed by atoms with Crippen molar-refractivity contribution in [3.63, 3.8) is 0 Å². The van der Waals surface area contributed by atoms with E-state index < -0.39 is 11.7 Å². The van der Waals surface area contributed by atoms with E-state index in [1.807, 2.05) is 48.6 Å². The van der Waals surface area contributed by atoms with Gasteiger partial charge in [-0.15, -0.1) is 0 Å².